The number of piperazine rings is 1. The number of nitrogens with zero attached hydrogens (tertiary/aromatic N) is 3. The minimum absolute atomic E-state index is 0. The second-order valence-electron chi connectivity index (χ2n) is 5.76. The molecule has 1 aromatic carbocycles. The van der Waals surface area contributed by atoms with Crippen molar-refractivity contribution in [3.05, 3.63) is 48.3 Å². The lowest BCUT2D eigenvalue weighted by atomic mass is 10.1. The van der Waals surface area contributed by atoms with E-state index in [-0.39, 0.29) is 30.2 Å². The molecular formula is C17H22ClFN4OS. The molecule has 2 aromatic rings. The normalized spacial score (nSPS) is 17.2. The Bertz CT molecular complexity index is 694. The molecule has 1 aliphatic heterocycles. The van der Waals surface area contributed by atoms with Gasteiger partial charge < -0.3 is 14.8 Å². The first-order valence-corrected chi connectivity index (χ1v) is 8.99. The van der Waals surface area contributed by atoms with Gasteiger partial charge in [-0.1, -0.05) is 0 Å². The van der Waals surface area contributed by atoms with Crippen LogP contribution in [0.15, 0.2) is 41.6 Å². The van der Waals surface area contributed by atoms with E-state index in [0.29, 0.717) is 18.7 Å². The Morgan fingerprint density at radius 2 is 2.16 bits per heavy atom. The van der Waals surface area contributed by atoms with Crippen molar-refractivity contribution in [3.63, 3.8) is 0 Å². The predicted octanol–water partition coefficient (Wildman–Crippen LogP) is 2.64. The maximum atomic E-state index is 12.9. The van der Waals surface area contributed by atoms with Crippen LogP contribution in [0.5, 0.6) is 0 Å². The van der Waals surface area contributed by atoms with Crippen molar-refractivity contribution in [2.45, 2.75) is 17.4 Å². The van der Waals surface area contributed by atoms with Crippen LogP contribution < -0.4 is 5.32 Å². The van der Waals surface area contributed by atoms with Gasteiger partial charge in [-0.2, -0.15) is 0 Å². The molecule has 1 amide bonds. The molecule has 0 radical (unpaired) electrons. The Morgan fingerprint density at radius 1 is 1.40 bits per heavy atom. The van der Waals surface area contributed by atoms with E-state index in [9.17, 15) is 9.18 Å². The molecule has 5 nitrogen and oxygen atoms in total. The highest BCUT2D eigenvalue weighted by atomic mass is 35.5. The predicted molar refractivity (Wildman–Crippen MR) is 99.5 cm³/mol. The van der Waals surface area contributed by atoms with E-state index >= 15 is 0 Å². The Balaban J connectivity index is 0.00000225. The van der Waals surface area contributed by atoms with E-state index < -0.39 is 0 Å². The van der Waals surface area contributed by atoms with Crippen molar-refractivity contribution >= 4 is 30.1 Å². The van der Waals surface area contributed by atoms with Gasteiger partial charge in [0.15, 0.2) is 0 Å². The van der Waals surface area contributed by atoms with Crippen molar-refractivity contribution in [2.24, 2.45) is 7.05 Å². The van der Waals surface area contributed by atoms with Gasteiger partial charge in [0.2, 0.25) is 5.91 Å². The lowest BCUT2D eigenvalue weighted by molar-refractivity contribution is -0.134. The summed E-state index contributed by atoms with van der Waals surface area (Å²) in [6.07, 6.45) is 4.12. The molecule has 25 heavy (non-hydrogen) atoms. The smallest absolute Gasteiger partial charge is 0.224 e. The minimum atomic E-state index is -0.242. The fraction of sp³-hybridized carbons (Fsp3) is 0.412. The van der Waals surface area contributed by atoms with Crippen LogP contribution in [-0.4, -0.2) is 45.7 Å². The van der Waals surface area contributed by atoms with Gasteiger partial charge in [0, 0.05) is 56.1 Å². The third kappa shape index (κ3) is 4.96. The summed E-state index contributed by atoms with van der Waals surface area (Å²) in [4.78, 5) is 19.9. The van der Waals surface area contributed by atoms with Gasteiger partial charge in [0.25, 0.3) is 0 Å². The summed E-state index contributed by atoms with van der Waals surface area (Å²) in [6, 6.07) is 6.34. The van der Waals surface area contributed by atoms with Crippen LogP contribution in [0, 0.1) is 5.82 Å². The van der Waals surface area contributed by atoms with Crippen LogP contribution in [0.2, 0.25) is 0 Å². The fourth-order valence-electron chi connectivity index (χ4n) is 2.86. The summed E-state index contributed by atoms with van der Waals surface area (Å²) in [6.45, 7) is 2.22. The largest absolute Gasteiger partial charge is 0.336 e. The second kappa shape index (κ2) is 9.22. The number of amides is 1. The van der Waals surface area contributed by atoms with Crippen molar-refractivity contribution in [1.29, 1.82) is 0 Å². The summed E-state index contributed by atoms with van der Waals surface area (Å²) in [5, 5.41) is 3.33. The van der Waals surface area contributed by atoms with Crippen LogP contribution in [0.4, 0.5) is 4.39 Å². The van der Waals surface area contributed by atoms with Crippen LogP contribution in [-0.2, 0) is 11.8 Å². The molecule has 3 rings (SSSR count). The number of aryl methyl sites for hydroxylation is 1. The zero-order valence-electron chi connectivity index (χ0n) is 14.0. The van der Waals surface area contributed by atoms with Gasteiger partial charge in [0.05, 0.1) is 0 Å². The zero-order chi connectivity index (χ0) is 16.9. The Labute approximate surface area is 157 Å². The van der Waals surface area contributed by atoms with Gasteiger partial charge in [-0.05, 0) is 24.3 Å². The number of carbonyl (C=O) groups excluding carboxylic acids is 1. The van der Waals surface area contributed by atoms with Gasteiger partial charge in [-0.15, -0.1) is 24.2 Å². The second-order valence-corrected chi connectivity index (χ2v) is 6.92. The highest BCUT2D eigenvalue weighted by Crippen LogP contribution is 2.23. The van der Waals surface area contributed by atoms with E-state index in [4.69, 9.17) is 0 Å². The number of imidazole rings is 1. The molecule has 0 aliphatic carbocycles. The van der Waals surface area contributed by atoms with Crippen molar-refractivity contribution < 1.29 is 9.18 Å². The number of carbonyl (C=O) groups is 1. The van der Waals surface area contributed by atoms with Crippen LogP contribution >= 0.6 is 24.2 Å². The van der Waals surface area contributed by atoms with E-state index in [1.165, 1.54) is 12.1 Å². The minimum Gasteiger partial charge on any atom is -0.336 e. The third-order valence-electron chi connectivity index (χ3n) is 4.12. The number of benzene rings is 1. The molecule has 0 bridgehead atoms. The van der Waals surface area contributed by atoms with Crippen LogP contribution in [0.3, 0.4) is 0 Å². The van der Waals surface area contributed by atoms with Crippen LogP contribution in [0.25, 0.3) is 0 Å². The first-order chi connectivity index (χ1) is 11.6. The molecule has 1 saturated heterocycles. The van der Waals surface area contributed by atoms with Gasteiger partial charge in [0.1, 0.15) is 17.7 Å². The Hall–Kier alpha value is -1.57. The number of rotatable bonds is 5. The third-order valence-corrected chi connectivity index (χ3v) is 5.13. The van der Waals surface area contributed by atoms with E-state index in [1.54, 1.807) is 30.1 Å². The summed E-state index contributed by atoms with van der Waals surface area (Å²) in [7, 11) is 1.95. The highest BCUT2D eigenvalue weighted by molar-refractivity contribution is 7.99. The van der Waals surface area contributed by atoms with Gasteiger partial charge in [-0.25, -0.2) is 9.37 Å². The quantitative estimate of drug-likeness (QED) is 0.805. The number of hydrogen-bond donors (Lipinski definition) is 1. The Kier molecular flexibility index (Phi) is 7.28. The van der Waals surface area contributed by atoms with E-state index in [1.807, 2.05) is 22.7 Å². The van der Waals surface area contributed by atoms with Gasteiger partial charge >= 0.3 is 0 Å². The average molecular weight is 385 g/mol. The molecule has 1 atom stereocenters. The molecule has 8 heteroatoms. The first kappa shape index (κ1) is 19.8. The maximum absolute atomic E-state index is 12.9. The maximum Gasteiger partial charge on any atom is 0.224 e. The molecular weight excluding hydrogens is 363 g/mol. The van der Waals surface area contributed by atoms with Crippen molar-refractivity contribution in [3.8, 4) is 0 Å². The summed E-state index contributed by atoms with van der Waals surface area (Å²) in [5.41, 5.74) is 0. The van der Waals surface area contributed by atoms with Crippen molar-refractivity contribution in [1.82, 2.24) is 19.8 Å². The summed E-state index contributed by atoms with van der Waals surface area (Å²) < 4.78 is 14.9. The topological polar surface area (TPSA) is 50.2 Å². The van der Waals surface area contributed by atoms with E-state index in [0.717, 1.165) is 23.8 Å². The van der Waals surface area contributed by atoms with Gasteiger partial charge in [-0.3, -0.25) is 4.79 Å². The lowest BCUT2D eigenvalue weighted by Gasteiger charge is -2.35. The molecule has 0 saturated carbocycles. The molecule has 1 N–H and O–H groups in total. The summed E-state index contributed by atoms with van der Waals surface area (Å²) in [5.74, 6) is 1.48. The number of hydrogen-bond acceptors (Lipinski definition) is 4. The molecule has 136 valence electrons. The standard InChI is InChI=1S/C17H21FN4OS.ClH/c1-21-9-8-20-17(21)15-12-19-7-10-22(15)16(23)6-11-24-14-4-2-13(18)3-5-14;/h2-5,8-9,15,19H,6-7,10-12H2,1H3;1H. The lowest BCUT2D eigenvalue weighted by Crippen LogP contribution is -2.49. The molecule has 1 aromatic heterocycles. The highest BCUT2D eigenvalue weighted by Gasteiger charge is 2.29. The first-order valence-electron chi connectivity index (χ1n) is 8.01. The number of nitrogens with one attached hydrogen (secondary N) is 1. The van der Waals surface area contributed by atoms with Crippen molar-refractivity contribution in [2.75, 3.05) is 25.4 Å². The number of aromatic nitrogens is 2. The fourth-order valence-corrected chi connectivity index (χ4v) is 3.70. The summed E-state index contributed by atoms with van der Waals surface area (Å²) >= 11 is 1.57. The zero-order valence-corrected chi connectivity index (χ0v) is 15.7. The Morgan fingerprint density at radius 3 is 2.84 bits per heavy atom. The number of thioether (sulfide) groups is 1. The molecule has 1 fully saturated rings. The van der Waals surface area contributed by atoms with E-state index in [2.05, 4.69) is 10.3 Å². The molecule has 0 spiro atoms. The molecule has 2 heterocycles. The molecule has 1 unspecified atom stereocenters. The number of halogens is 2. The van der Waals surface area contributed by atoms with Crippen LogP contribution in [0.1, 0.15) is 18.3 Å². The monoisotopic (exact) mass is 384 g/mol. The SMILES string of the molecule is Cl.Cn1ccnc1C1CNCCN1C(=O)CCSc1ccc(F)cc1. The molecule has 1 aliphatic rings. The average Bonchev–Trinajstić information content (AvgIpc) is 3.02.